The van der Waals surface area contributed by atoms with E-state index in [1.165, 1.54) is 19.3 Å². The van der Waals surface area contributed by atoms with Crippen LogP contribution in [0.3, 0.4) is 0 Å². The van der Waals surface area contributed by atoms with Crippen LogP contribution in [0.1, 0.15) is 73.6 Å². The number of fused-ring (bicyclic) bond motifs is 10. The summed E-state index contributed by atoms with van der Waals surface area (Å²) in [4.78, 5) is 85.6. The van der Waals surface area contributed by atoms with Crippen molar-refractivity contribution in [1.82, 2.24) is 59.0 Å². The molecule has 0 aliphatic carbocycles. The summed E-state index contributed by atoms with van der Waals surface area (Å²) in [5, 5.41) is 13.7. The van der Waals surface area contributed by atoms with E-state index < -0.39 is 5.60 Å². The molecule has 10 heterocycles. The zero-order valence-electron chi connectivity index (χ0n) is 44.9. The molecule has 0 spiro atoms. The number of carbonyl (C=O) groups is 3. The second-order valence-corrected chi connectivity index (χ2v) is 21.7. The van der Waals surface area contributed by atoms with Gasteiger partial charge in [0.1, 0.15) is 39.7 Å². The maximum Gasteiger partial charge on any atom is 0.410 e. The highest BCUT2D eigenvalue weighted by Gasteiger charge is 2.30. The van der Waals surface area contributed by atoms with Gasteiger partial charge in [0.05, 0.1) is 32.8 Å². The average Bonchev–Trinajstić information content (AvgIpc) is 4.43. The Balaban J connectivity index is 0.000000166. The molecule has 3 amide bonds. The van der Waals surface area contributed by atoms with Crippen LogP contribution < -0.4 is 41.9 Å². The Labute approximate surface area is 445 Å². The van der Waals surface area contributed by atoms with Gasteiger partial charge in [0.15, 0.2) is 11.3 Å². The molecule has 4 N–H and O–H groups in total. The van der Waals surface area contributed by atoms with Gasteiger partial charge in [-0.3, -0.25) is 28.0 Å². The monoisotopic (exact) mass is 1050 g/mol. The largest absolute Gasteiger partial charge is 0.444 e. The van der Waals surface area contributed by atoms with Gasteiger partial charge >= 0.3 is 6.09 Å². The van der Waals surface area contributed by atoms with E-state index in [4.69, 9.17) is 14.7 Å². The van der Waals surface area contributed by atoms with Gasteiger partial charge in [-0.15, -0.1) is 0 Å². The molecule has 77 heavy (non-hydrogen) atoms. The summed E-state index contributed by atoms with van der Waals surface area (Å²) in [5.41, 5.74) is 4.96. The first-order valence-corrected chi connectivity index (χ1v) is 27.3. The molecule has 4 aliphatic heterocycles. The number of piperazine rings is 2. The van der Waals surface area contributed by atoms with Crippen LogP contribution in [-0.2, 0) is 18.8 Å². The van der Waals surface area contributed by atoms with Crippen LogP contribution in [0.25, 0.3) is 55.4 Å². The van der Waals surface area contributed by atoms with Gasteiger partial charge in [-0.2, -0.15) is 0 Å². The fourth-order valence-electron chi connectivity index (χ4n) is 11.6. The number of imidazole rings is 2. The Hall–Kier alpha value is -7.55. The Bertz CT molecular complexity index is 3680. The van der Waals surface area contributed by atoms with Crippen molar-refractivity contribution >= 4 is 85.0 Å². The van der Waals surface area contributed by atoms with Crippen LogP contribution in [0.4, 0.5) is 16.4 Å². The van der Waals surface area contributed by atoms with E-state index in [1.807, 2.05) is 120 Å². The van der Waals surface area contributed by atoms with Gasteiger partial charge in [0.25, 0.3) is 11.8 Å². The Kier molecular flexibility index (Phi) is 14.4. The second kappa shape index (κ2) is 21.5. The second-order valence-electron chi connectivity index (χ2n) is 21.7. The van der Waals surface area contributed by atoms with Gasteiger partial charge in [-0.1, -0.05) is 24.3 Å². The molecule has 6 aromatic heterocycles. The zero-order chi connectivity index (χ0) is 53.5. The number of ether oxygens (including phenoxy) is 1. The van der Waals surface area contributed by atoms with Crippen molar-refractivity contribution in [3.05, 3.63) is 104 Å². The number of anilines is 2. The number of nitrogens with zero attached hydrogens (tertiary/aromatic N) is 10. The number of hydrogen-bond acceptors (Lipinski definition) is 13. The first-order chi connectivity index (χ1) is 37.3. The number of rotatable bonds is 10. The molecule has 20 nitrogen and oxygen atoms in total. The number of amides is 3. The standard InChI is InChI=1S/C31H39N7O4.C26H31N7O2/c1-31(2,3)42-30(41)37-19-17-36(18-20-37)24-12-11-21-26(39)25(28(40)32-13-16-35-14-7-8-15-35)29-34(4)22-9-5-6-10-23(22)38(29)27(21)33-24;1-31-19-6-2-3-7-20(19)33-24-18(8-9-21(30-24)32-15-13-27-14-16-32)23(34)22(26(31)33)25(35)29-12-10-17-5-4-11-28-17/h5-6,9-12H,7-8,13-20H2,1-4H3,(H,32,40);2-3,6-9,17,27-28H,4-5,10-16H2,1H3,(H,29,35). The molecule has 4 saturated heterocycles. The van der Waals surface area contributed by atoms with Crippen LogP contribution >= 0.6 is 0 Å². The normalized spacial score (nSPS) is 17.5. The predicted molar refractivity (Wildman–Crippen MR) is 302 cm³/mol. The van der Waals surface area contributed by atoms with Gasteiger partial charge in [-0.25, -0.2) is 14.8 Å². The molecule has 1 atom stereocenters. The van der Waals surface area contributed by atoms with E-state index in [-0.39, 0.29) is 39.9 Å². The third-order valence-electron chi connectivity index (χ3n) is 15.6. The maximum absolute atomic E-state index is 13.9. The number of likely N-dealkylation sites (tertiary alicyclic amines) is 1. The molecular formula is C57H70N14O6. The average molecular weight is 1050 g/mol. The number of aryl methyl sites for hydroxylation is 2. The van der Waals surface area contributed by atoms with E-state index in [1.54, 1.807) is 11.0 Å². The Morgan fingerprint density at radius 1 is 0.623 bits per heavy atom. The molecule has 2 aromatic carbocycles. The summed E-state index contributed by atoms with van der Waals surface area (Å²) in [6.45, 7) is 16.2. The zero-order valence-corrected chi connectivity index (χ0v) is 44.9. The van der Waals surface area contributed by atoms with E-state index in [0.29, 0.717) is 78.7 Å². The first-order valence-electron chi connectivity index (χ1n) is 27.3. The fraction of sp³-hybridized carbons (Fsp3) is 0.456. The highest BCUT2D eigenvalue weighted by atomic mass is 16.6. The van der Waals surface area contributed by atoms with Crippen molar-refractivity contribution in [2.24, 2.45) is 14.1 Å². The lowest BCUT2D eigenvalue weighted by molar-refractivity contribution is 0.0240. The molecule has 0 saturated carbocycles. The number of pyridine rings is 4. The van der Waals surface area contributed by atoms with Crippen molar-refractivity contribution in [3.63, 3.8) is 0 Å². The van der Waals surface area contributed by atoms with E-state index in [9.17, 15) is 24.0 Å². The molecule has 1 unspecified atom stereocenters. The molecule has 404 valence electrons. The van der Waals surface area contributed by atoms with Gasteiger partial charge in [-0.05, 0) is 121 Å². The minimum atomic E-state index is -0.547. The highest BCUT2D eigenvalue weighted by molar-refractivity contribution is 6.07. The lowest BCUT2D eigenvalue weighted by atomic mass is 10.1. The molecule has 4 aliphatic rings. The third-order valence-corrected chi connectivity index (χ3v) is 15.6. The summed E-state index contributed by atoms with van der Waals surface area (Å²) in [7, 11) is 3.78. The lowest BCUT2D eigenvalue weighted by Crippen LogP contribution is -2.50. The molecular weight excluding hydrogens is 977 g/mol. The van der Waals surface area contributed by atoms with E-state index in [2.05, 4.69) is 36.0 Å². The van der Waals surface area contributed by atoms with Crippen molar-refractivity contribution in [3.8, 4) is 0 Å². The van der Waals surface area contributed by atoms with Crippen molar-refractivity contribution in [2.75, 3.05) is 101 Å². The number of nitrogens with one attached hydrogen (secondary N) is 4. The molecule has 12 rings (SSSR count). The first kappa shape index (κ1) is 51.6. The third kappa shape index (κ3) is 10.0. The number of benzene rings is 2. The summed E-state index contributed by atoms with van der Waals surface area (Å²) >= 11 is 0. The van der Waals surface area contributed by atoms with Gasteiger partial charge in [0, 0.05) is 92.1 Å². The van der Waals surface area contributed by atoms with Crippen LogP contribution in [0, 0.1) is 0 Å². The van der Waals surface area contributed by atoms with Gasteiger partial charge in [0.2, 0.25) is 10.9 Å². The molecule has 0 radical (unpaired) electrons. The topological polar surface area (TPSA) is 200 Å². The predicted octanol–water partition coefficient (Wildman–Crippen LogP) is 4.84. The van der Waals surface area contributed by atoms with E-state index >= 15 is 0 Å². The highest BCUT2D eigenvalue weighted by Crippen LogP contribution is 2.29. The van der Waals surface area contributed by atoms with Crippen molar-refractivity contribution < 1.29 is 19.1 Å². The van der Waals surface area contributed by atoms with Crippen LogP contribution in [0.5, 0.6) is 0 Å². The molecule has 0 bridgehead atoms. The van der Waals surface area contributed by atoms with Gasteiger partial charge < -0.3 is 54.7 Å². The number of para-hydroxylation sites is 4. The summed E-state index contributed by atoms with van der Waals surface area (Å²) in [5.74, 6) is 0.869. The summed E-state index contributed by atoms with van der Waals surface area (Å²) < 4.78 is 13.3. The van der Waals surface area contributed by atoms with Crippen LogP contribution in [0.2, 0.25) is 0 Å². The minimum Gasteiger partial charge on any atom is -0.444 e. The number of aromatic nitrogens is 6. The SMILES string of the molecule is Cn1c2ccccc2n2c3nc(N4CCN(C(=O)OC(C)(C)C)CC4)ccc3c(=O)c(C(=O)NCCN3CCCC3)c12.Cn1c2ccccc2n2c3nc(N4CCNCC4)ccc3c(=O)c(C(=O)NCCC3CCCN3)c12. The van der Waals surface area contributed by atoms with Crippen LogP contribution in [-0.4, -0.2) is 159 Å². The summed E-state index contributed by atoms with van der Waals surface area (Å²) in [6, 6.07) is 23.6. The smallest absolute Gasteiger partial charge is 0.410 e. The summed E-state index contributed by atoms with van der Waals surface area (Å²) in [6.07, 6.45) is 5.21. The Morgan fingerprint density at radius 2 is 1.13 bits per heavy atom. The molecule has 8 aromatic rings. The number of hydrogen-bond donors (Lipinski definition) is 4. The van der Waals surface area contributed by atoms with E-state index in [0.717, 1.165) is 98.9 Å². The number of carbonyl (C=O) groups excluding carboxylic acids is 3. The quantitative estimate of drug-likeness (QED) is 0.145. The maximum atomic E-state index is 13.9. The Morgan fingerprint density at radius 3 is 1.64 bits per heavy atom. The van der Waals surface area contributed by atoms with Crippen molar-refractivity contribution in [2.45, 2.75) is 64.5 Å². The minimum absolute atomic E-state index is 0.128. The molecule has 20 heteroatoms. The van der Waals surface area contributed by atoms with Crippen LogP contribution in [0.15, 0.2) is 82.4 Å². The lowest BCUT2D eigenvalue weighted by Gasteiger charge is -2.36. The van der Waals surface area contributed by atoms with Crippen molar-refractivity contribution in [1.29, 1.82) is 0 Å². The fourth-order valence-corrected chi connectivity index (χ4v) is 11.6. The molecule has 4 fully saturated rings.